The van der Waals surface area contributed by atoms with E-state index in [1.165, 1.54) is 10.4 Å². The van der Waals surface area contributed by atoms with E-state index in [-0.39, 0.29) is 24.0 Å². The van der Waals surface area contributed by atoms with E-state index in [0.717, 1.165) is 45.3 Å². The van der Waals surface area contributed by atoms with Gasteiger partial charge in [-0.1, -0.05) is 6.92 Å². The highest BCUT2D eigenvalue weighted by Gasteiger charge is 2.33. The molecule has 148 valence electrons. The number of hydrogen-bond acceptors (Lipinski definition) is 5. The largest absolute Gasteiger partial charge is 0.368 e. The second-order valence-corrected chi connectivity index (χ2v) is 8.66. The fourth-order valence-corrected chi connectivity index (χ4v) is 5.45. The van der Waals surface area contributed by atoms with Gasteiger partial charge in [-0.3, -0.25) is 14.5 Å². The van der Waals surface area contributed by atoms with Crippen LogP contribution in [0.1, 0.15) is 42.7 Å². The quantitative estimate of drug-likeness (QED) is 0.787. The molecule has 4 rings (SSSR count). The summed E-state index contributed by atoms with van der Waals surface area (Å²) in [5, 5.41) is 2.14. The lowest BCUT2D eigenvalue weighted by atomic mass is 9.97. The van der Waals surface area contributed by atoms with Gasteiger partial charge in [0.2, 0.25) is 5.91 Å². The van der Waals surface area contributed by atoms with Crippen LogP contribution >= 0.6 is 11.3 Å². The van der Waals surface area contributed by atoms with Crippen molar-refractivity contribution in [1.29, 1.82) is 0 Å². The Balaban J connectivity index is 1.30. The van der Waals surface area contributed by atoms with Gasteiger partial charge in [-0.25, -0.2) is 0 Å². The maximum Gasteiger partial charge on any atom is 0.251 e. The lowest BCUT2D eigenvalue weighted by molar-refractivity contribution is -0.143. The van der Waals surface area contributed by atoms with Crippen LogP contribution in [0, 0.1) is 0 Å². The summed E-state index contributed by atoms with van der Waals surface area (Å²) >= 11 is 1.81. The van der Waals surface area contributed by atoms with Crippen LogP contribution in [-0.2, 0) is 20.7 Å². The number of amides is 2. The summed E-state index contributed by atoms with van der Waals surface area (Å²) in [5.41, 5.74) is 1.34. The highest BCUT2D eigenvalue weighted by Crippen LogP contribution is 2.35. The van der Waals surface area contributed by atoms with Crippen LogP contribution in [0.3, 0.4) is 0 Å². The number of carbonyl (C=O) groups excluding carboxylic acids is 2. The zero-order valence-electron chi connectivity index (χ0n) is 16.1. The molecule has 0 radical (unpaired) electrons. The second-order valence-electron chi connectivity index (χ2n) is 7.66. The summed E-state index contributed by atoms with van der Waals surface area (Å²) in [6, 6.07) is 2.40. The Morgan fingerprint density at radius 2 is 2.04 bits per heavy atom. The zero-order chi connectivity index (χ0) is 18.8. The molecule has 2 amide bonds. The first-order valence-corrected chi connectivity index (χ1v) is 11.0. The Labute approximate surface area is 165 Å². The van der Waals surface area contributed by atoms with Gasteiger partial charge >= 0.3 is 0 Å². The number of thiophene rings is 1. The van der Waals surface area contributed by atoms with E-state index in [1.807, 2.05) is 16.2 Å². The molecule has 27 heavy (non-hydrogen) atoms. The fourth-order valence-electron chi connectivity index (χ4n) is 4.52. The van der Waals surface area contributed by atoms with Gasteiger partial charge in [0.15, 0.2) is 0 Å². The third kappa shape index (κ3) is 3.91. The molecule has 0 N–H and O–H groups in total. The van der Waals surface area contributed by atoms with Crippen molar-refractivity contribution in [3.05, 3.63) is 21.9 Å². The summed E-state index contributed by atoms with van der Waals surface area (Å²) in [7, 11) is 0. The number of carbonyl (C=O) groups is 2. The van der Waals surface area contributed by atoms with Crippen molar-refractivity contribution in [3.8, 4) is 0 Å². The number of nitrogens with zero attached hydrogens (tertiary/aromatic N) is 3. The van der Waals surface area contributed by atoms with Gasteiger partial charge in [-0.15, -0.1) is 11.3 Å². The number of piperazine rings is 1. The van der Waals surface area contributed by atoms with Gasteiger partial charge in [0.25, 0.3) is 5.91 Å². The molecule has 4 heterocycles. The van der Waals surface area contributed by atoms with Gasteiger partial charge in [0, 0.05) is 44.2 Å². The molecule has 3 aliphatic heterocycles. The highest BCUT2D eigenvalue weighted by molar-refractivity contribution is 7.10. The van der Waals surface area contributed by atoms with Gasteiger partial charge < -0.3 is 14.5 Å². The van der Waals surface area contributed by atoms with Gasteiger partial charge in [0.1, 0.15) is 6.10 Å². The molecule has 0 saturated carbocycles. The van der Waals surface area contributed by atoms with Crippen LogP contribution in [0.2, 0.25) is 0 Å². The lowest BCUT2D eigenvalue weighted by Crippen LogP contribution is -2.54. The molecule has 2 fully saturated rings. The summed E-state index contributed by atoms with van der Waals surface area (Å²) in [5.74, 6) is 0.350. The second kappa shape index (κ2) is 8.29. The van der Waals surface area contributed by atoms with Crippen molar-refractivity contribution < 1.29 is 14.3 Å². The van der Waals surface area contributed by atoms with Crippen molar-refractivity contribution in [3.63, 3.8) is 0 Å². The maximum absolute atomic E-state index is 13.0. The van der Waals surface area contributed by atoms with Gasteiger partial charge in [0.05, 0.1) is 12.6 Å². The third-order valence-electron chi connectivity index (χ3n) is 6.05. The molecule has 0 bridgehead atoms. The molecule has 2 unspecified atom stereocenters. The highest BCUT2D eigenvalue weighted by atomic mass is 32.1. The Morgan fingerprint density at radius 1 is 1.22 bits per heavy atom. The minimum Gasteiger partial charge on any atom is -0.368 e. The number of ether oxygens (including phenoxy) is 1. The Bertz CT molecular complexity index is 678. The summed E-state index contributed by atoms with van der Waals surface area (Å²) < 4.78 is 5.52. The van der Waals surface area contributed by atoms with E-state index >= 15 is 0 Å². The third-order valence-corrected chi connectivity index (χ3v) is 7.05. The molecular formula is C20H29N3O3S. The van der Waals surface area contributed by atoms with Crippen molar-refractivity contribution >= 4 is 23.2 Å². The van der Waals surface area contributed by atoms with E-state index < -0.39 is 0 Å². The minimum absolute atomic E-state index is 0.130. The van der Waals surface area contributed by atoms with E-state index in [0.29, 0.717) is 26.2 Å². The fraction of sp³-hybridized carbons (Fsp3) is 0.700. The lowest BCUT2D eigenvalue weighted by Gasteiger charge is -2.39. The smallest absolute Gasteiger partial charge is 0.251 e. The minimum atomic E-state index is -0.239. The number of hydrogen-bond donors (Lipinski definition) is 0. The van der Waals surface area contributed by atoms with Crippen LogP contribution in [0.5, 0.6) is 0 Å². The standard InChI is InChI=1S/C20H29N3O3S/c1-2-16-15-6-13-27-18(15)5-7-23(16)19(24)14-21-8-10-22(11-9-21)20(25)17-4-3-12-26-17/h6,13,16-17H,2-5,7-12,14H2,1H3. The molecule has 0 aromatic carbocycles. The predicted molar refractivity (Wildman–Crippen MR) is 105 cm³/mol. The Hall–Kier alpha value is -1.44. The summed E-state index contributed by atoms with van der Waals surface area (Å²) in [4.78, 5) is 33.0. The van der Waals surface area contributed by atoms with E-state index in [1.54, 1.807) is 0 Å². The average Bonchev–Trinajstić information content (AvgIpc) is 3.38. The van der Waals surface area contributed by atoms with E-state index in [2.05, 4.69) is 28.2 Å². The first kappa shape index (κ1) is 18.9. The van der Waals surface area contributed by atoms with Crippen molar-refractivity contribution in [1.82, 2.24) is 14.7 Å². The Kier molecular flexibility index (Phi) is 5.80. The Morgan fingerprint density at radius 3 is 2.74 bits per heavy atom. The van der Waals surface area contributed by atoms with E-state index in [9.17, 15) is 9.59 Å². The van der Waals surface area contributed by atoms with Crippen LogP contribution in [0.4, 0.5) is 0 Å². The molecule has 6 nitrogen and oxygen atoms in total. The molecule has 0 spiro atoms. The maximum atomic E-state index is 13.0. The zero-order valence-corrected chi connectivity index (χ0v) is 16.9. The average molecular weight is 392 g/mol. The molecule has 0 aliphatic carbocycles. The first-order chi connectivity index (χ1) is 13.2. The van der Waals surface area contributed by atoms with Crippen molar-refractivity contribution in [2.75, 3.05) is 45.9 Å². The molecular weight excluding hydrogens is 362 g/mol. The van der Waals surface area contributed by atoms with Crippen LogP contribution in [0.15, 0.2) is 11.4 Å². The van der Waals surface area contributed by atoms with Gasteiger partial charge in [-0.05, 0) is 42.7 Å². The number of rotatable bonds is 4. The normalized spacial score (nSPS) is 26.3. The van der Waals surface area contributed by atoms with Gasteiger partial charge in [-0.2, -0.15) is 0 Å². The van der Waals surface area contributed by atoms with Crippen molar-refractivity contribution in [2.24, 2.45) is 0 Å². The van der Waals surface area contributed by atoms with Crippen LogP contribution in [0.25, 0.3) is 0 Å². The molecule has 2 atom stereocenters. The van der Waals surface area contributed by atoms with E-state index in [4.69, 9.17) is 4.74 Å². The number of fused-ring (bicyclic) bond motifs is 1. The topological polar surface area (TPSA) is 53.1 Å². The molecule has 3 aliphatic rings. The van der Waals surface area contributed by atoms with Crippen LogP contribution < -0.4 is 0 Å². The SMILES string of the molecule is CCC1c2ccsc2CCN1C(=O)CN1CCN(C(=O)C2CCCO2)CC1. The molecule has 1 aromatic rings. The monoisotopic (exact) mass is 391 g/mol. The van der Waals surface area contributed by atoms with Crippen molar-refractivity contribution in [2.45, 2.75) is 44.8 Å². The molecule has 2 saturated heterocycles. The molecule has 1 aromatic heterocycles. The summed E-state index contributed by atoms with van der Waals surface area (Å²) in [6.45, 7) is 7.05. The predicted octanol–water partition coefficient (Wildman–Crippen LogP) is 1.91. The van der Waals surface area contributed by atoms with Crippen LogP contribution in [-0.4, -0.2) is 78.5 Å². The molecule has 7 heteroatoms. The summed E-state index contributed by atoms with van der Waals surface area (Å²) in [6.07, 6.45) is 3.51. The first-order valence-electron chi connectivity index (χ1n) is 10.2.